The van der Waals surface area contributed by atoms with E-state index in [-0.39, 0.29) is 0 Å². The molecule has 4 unspecified atom stereocenters. The second-order valence-corrected chi connectivity index (χ2v) is 7.08. The third-order valence-corrected chi connectivity index (χ3v) is 5.79. The molecule has 0 bridgehead atoms. The first-order valence-electron chi connectivity index (χ1n) is 7.61. The van der Waals surface area contributed by atoms with Crippen molar-refractivity contribution in [3.05, 3.63) is 0 Å². The van der Waals surface area contributed by atoms with Crippen LogP contribution >= 0.6 is 0 Å². The molecular formula is C15H28N2. The highest BCUT2D eigenvalue weighted by molar-refractivity contribution is 5.00. The Bertz CT molecular complexity index is 278. The Morgan fingerprint density at radius 1 is 1.06 bits per heavy atom. The summed E-state index contributed by atoms with van der Waals surface area (Å²) in [6.45, 7) is 4.79. The largest absolute Gasteiger partial charge is 0.297 e. The Balaban J connectivity index is 1.65. The lowest BCUT2D eigenvalue weighted by Crippen LogP contribution is -2.49. The number of rotatable bonds is 1. The van der Waals surface area contributed by atoms with Gasteiger partial charge in [-0.3, -0.25) is 10.2 Å². The van der Waals surface area contributed by atoms with Crippen LogP contribution < -0.4 is 5.32 Å². The minimum Gasteiger partial charge on any atom is -0.297 e. The normalized spacial score (nSPS) is 48.0. The van der Waals surface area contributed by atoms with Crippen molar-refractivity contribution >= 4 is 0 Å². The fourth-order valence-corrected chi connectivity index (χ4v) is 4.71. The van der Waals surface area contributed by atoms with Crippen LogP contribution in [0.4, 0.5) is 0 Å². The highest BCUT2D eigenvalue weighted by atomic mass is 15.3. The second kappa shape index (κ2) is 4.55. The van der Waals surface area contributed by atoms with Gasteiger partial charge < -0.3 is 0 Å². The van der Waals surface area contributed by atoms with Gasteiger partial charge in [-0.25, -0.2) is 0 Å². The first-order chi connectivity index (χ1) is 8.17. The van der Waals surface area contributed by atoms with Crippen molar-refractivity contribution in [1.29, 1.82) is 0 Å². The lowest BCUT2D eigenvalue weighted by atomic mass is 9.63. The molecule has 0 radical (unpaired) electrons. The maximum absolute atomic E-state index is 3.77. The lowest BCUT2D eigenvalue weighted by Gasteiger charge is -2.45. The van der Waals surface area contributed by atoms with Crippen molar-refractivity contribution in [1.82, 2.24) is 10.2 Å². The number of hydrogen-bond donors (Lipinski definition) is 1. The van der Waals surface area contributed by atoms with Crippen LogP contribution in [0.3, 0.4) is 0 Å². The Kier molecular flexibility index (Phi) is 3.20. The Morgan fingerprint density at radius 2 is 1.82 bits per heavy atom. The van der Waals surface area contributed by atoms with Gasteiger partial charge in [0.25, 0.3) is 0 Å². The summed E-state index contributed by atoms with van der Waals surface area (Å²) in [5.74, 6) is 3.07. The van der Waals surface area contributed by atoms with Gasteiger partial charge in [0.2, 0.25) is 0 Å². The van der Waals surface area contributed by atoms with Gasteiger partial charge in [-0.2, -0.15) is 0 Å². The molecule has 3 rings (SSSR count). The molecule has 1 heterocycles. The van der Waals surface area contributed by atoms with Crippen molar-refractivity contribution in [2.75, 3.05) is 20.3 Å². The van der Waals surface area contributed by atoms with Crippen molar-refractivity contribution in [2.24, 2.45) is 17.8 Å². The molecule has 2 aliphatic carbocycles. The van der Waals surface area contributed by atoms with Gasteiger partial charge in [0.15, 0.2) is 0 Å². The molecule has 0 spiro atoms. The molecule has 1 aliphatic heterocycles. The summed E-state index contributed by atoms with van der Waals surface area (Å²) >= 11 is 0. The van der Waals surface area contributed by atoms with Gasteiger partial charge in [0.05, 0.1) is 0 Å². The van der Waals surface area contributed by atoms with Crippen LogP contribution in [-0.4, -0.2) is 30.7 Å². The van der Waals surface area contributed by atoms with Crippen LogP contribution in [0.1, 0.15) is 51.9 Å². The van der Waals surface area contributed by atoms with E-state index in [1.165, 1.54) is 51.5 Å². The lowest BCUT2D eigenvalue weighted by molar-refractivity contribution is 0.0857. The third kappa shape index (κ3) is 2.26. The van der Waals surface area contributed by atoms with Crippen LogP contribution in [0.5, 0.6) is 0 Å². The van der Waals surface area contributed by atoms with E-state index in [0.29, 0.717) is 5.54 Å². The first kappa shape index (κ1) is 12.0. The monoisotopic (exact) mass is 236 g/mol. The van der Waals surface area contributed by atoms with Crippen LogP contribution in [0, 0.1) is 17.8 Å². The van der Waals surface area contributed by atoms with Crippen molar-refractivity contribution in [3.8, 4) is 0 Å². The predicted molar refractivity (Wildman–Crippen MR) is 71.8 cm³/mol. The molecule has 0 aromatic heterocycles. The smallest absolute Gasteiger partial charge is 0.0483 e. The highest BCUT2D eigenvalue weighted by Crippen LogP contribution is 2.46. The maximum atomic E-state index is 3.77. The number of fused-ring (bicyclic) bond motifs is 1. The summed E-state index contributed by atoms with van der Waals surface area (Å²) in [6.07, 6.45) is 10.5. The maximum Gasteiger partial charge on any atom is 0.0483 e. The van der Waals surface area contributed by atoms with Crippen LogP contribution in [0.25, 0.3) is 0 Å². The van der Waals surface area contributed by atoms with Gasteiger partial charge in [0.1, 0.15) is 0 Å². The van der Waals surface area contributed by atoms with Gasteiger partial charge in [-0.15, -0.1) is 0 Å². The molecule has 2 nitrogen and oxygen atoms in total. The van der Waals surface area contributed by atoms with Crippen LogP contribution in [0.2, 0.25) is 0 Å². The zero-order chi connectivity index (χ0) is 11.9. The molecule has 1 N–H and O–H groups in total. The average Bonchev–Trinajstić information content (AvgIpc) is 2.70. The molecule has 3 aliphatic rings. The first-order valence-corrected chi connectivity index (χ1v) is 7.61. The summed E-state index contributed by atoms with van der Waals surface area (Å²) in [4.78, 5) is 2.44. The summed E-state index contributed by atoms with van der Waals surface area (Å²) in [6, 6.07) is 0. The van der Waals surface area contributed by atoms with E-state index < -0.39 is 0 Å². The Hall–Kier alpha value is -0.0800. The quantitative estimate of drug-likeness (QED) is 0.753. The number of nitrogens with zero attached hydrogens (tertiary/aromatic N) is 1. The van der Waals surface area contributed by atoms with Gasteiger partial charge in [-0.05, 0) is 51.0 Å². The molecule has 98 valence electrons. The van der Waals surface area contributed by atoms with Crippen molar-refractivity contribution in [2.45, 2.75) is 57.4 Å². The zero-order valence-electron chi connectivity index (χ0n) is 11.5. The fraction of sp³-hybridized carbons (Fsp3) is 1.00. The summed E-state index contributed by atoms with van der Waals surface area (Å²) in [7, 11) is 2.24. The number of nitrogens with one attached hydrogen (secondary N) is 1. The molecular weight excluding hydrogens is 208 g/mol. The average molecular weight is 236 g/mol. The van der Waals surface area contributed by atoms with Crippen molar-refractivity contribution < 1.29 is 0 Å². The van der Waals surface area contributed by atoms with Crippen LogP contribution in [-0.2, 0) is 0 Å². The minimum atomic E-state index is 0.400. The molecule has 0 aromatic carbocycles. The van der Waals surface area contributed by atoms with E-state index in [9.17, 15) is 0 Å². The fourth-order valence-electron chi connectivity index (χ4n) is 4.71. The van der Waals surface area contributed by atoms with E-state index in [1.807, 2.05) is 0 Å². The molecule has 17 heavy (non-hydrogen) atoms. The van der Waals surface area contributed by atoms with Crippen LogP contribution in [0.15, 0.2) is 0 Å². The van der Waals surface area contributed by atoms with E-state index in [2.05, 4.69) is 24.2 Å². The van der Waals surface area contributed by atoms with Gasteiger partial charge in [0, 0.05) is 18.8 Å². The van der Waals surface area contributed by atoms with E-state index in [0.717, 1.165) is 24.4 Å². The molecule has 4 atom stereocenters. The molecule has 0 amide bonds. The van der Waals surface area contributed by atoms with E-state index in [4.69, 9.17) is 0 Å². The molecule has 0 aromatic rings. The Labute approximate surface area is 106 Å². The SMILES string of the molecule is CN1CNC(C)(C2CCC3CCCCC3C2)C1. The highest BCUT2D eigenvalue weighted by Gasteiger charge is 2.43. The molecule has 2 saturated carbocycles. The van der Waals surface area contributed by atoms with Crippen molar-refractivity contribution in [3.63, 3.8) is 0 Å². The third-order valence-electron chi connectivity index (χ3n) is 5.79. The van der Waals surface area contributed by atoms with Gasteiger partial charge >= 0.3 is 0 Å². The number of hydrogen-bond acceptors (Lipinski definition) is 2. The minimum absolute atomic E-state index is 0.400. The standard InChI is InChI=1S/C15H28N2/c1-15(10-17(2)11-16-15)14-8-7-12-5-3-4-6-13(12)9-14/h12-14,16H,3-11H2,1-2H3. The summed E-state index contributed by atoms with van der Waals surface area (Å²) in [5, 5.41) is 3.77. The van der Waals surface area contributed by atoms with E-state index in [1.54, 1.807) is 0 Å². The number of likely N-dealkylation sites (N-methyl/N-ethyl adjacent to an activating group) is 1. The molecule has 1 saturated heterocycles. The summed E-state index contributed by atoms with van der Waals surface area (Å²) in [5.41, 5.74) is 0.400. The molecule has 3 fully saturated rings. The zero-order valence-corrected chi connectivity index (χ0v) is 11.5. The second-order valence-electron chi connectivity index (χ2n) is 7.08. The molecule has 2 heteroatoms. The predicted octanol–water partition coefficient (Wildman–Crippen LogP) is 2.84. The Morgan fingerprint density at radius 3 is 2.53 bits per heavy atom. The summed E-state index contributed by atoms with van der Waals surface area (Å²) < 4.78 is 0. The van der Waals surface area contributed by atoms with Gasteiger partial charge in [-0.1, -0.05) is 25.7 Å². The van der Waals surface area contributed by atoms with E-state index >= 15 is 0 Å². The topological polar surface area (TPSA) is 15.3 Å².